The predicted molar refractivity (Wildman–Crippen MR) is 111 cm³/mol. The van der Waals surface area contributed by atoms with E-state index < -0.39 is 0 Å². The highest BCUT2D eigenvalue weighted by Crippen LogP contribution is 2.28. The van der Waals surface area contributed by atoms with Crippen LogP contribution in [0, 0.1) is 6.92 Å². The molecule has 6 nitrogen and oxygen atoms in total. The lowest BCUT2D eigenvalue weighted by molar-refractivity contribution is 0.153. The first kappa shape index (κ1) is 18.8. The first-order valence-corrected chi connectivity index (χ1v) is 9.85. The molecule has 1 saturated heterocycles. The molecule has 1 N–H and O–H groups in total. The summed E-state index contributed by atoms with van der Waals surface area (Å²) in [7, 11) is 2.09. The van der Waals surface area contributed by atoms with Crippen LogP contribution in [0.5, 0.6) is 0 Å². The van der Waals surface area contributed by atoms with Gasteiger partial charge in [0.2, 0.25) is 0 Å². The number of aryl methyl sites for hydroxylation is 1. The maximum atomic E-state index is 10.2. The lowest BCUT2D eigenvalue weighted by Crippen LogP contribution is -2.39. The zero-order valence-electron chi connectivity index (χ0n) is 16.5. The fourth-order valence-electron chi connectivity index (χ4n) is 3.90. The summed E-state index contributed by atoms with van der Waals surface area (Å²) in [6.07, 6.45) is 4.94. The van der Waals surface area contributed by atoms with E-state index in [2.05, 4.69) is 58.0 Å². The number of rotatable bonds is 5. The normalized spacial score (nSPS) is 17.4. The van der Waals surface area contributed by atoms with Gasteiger partial charge in [-0.25, -0.2) is 15.0 Å². The smallest absolute Gasteiger partial charge is 0.133 e. The summed E-state index contributed by atoms with van der Waals surface area (Å²) < 4.78 is 0. The summed E-state index contributed by atoms with van der Waals surface area (Å²) in [6.45, 7) is 5.20. The highest BCUT2D eigenvalue weighted by Gasteiger charge is 2.22. The van der Waals surface area contributed by atoms with E-state index in [9.17, 15) is 5.11 Å². The molecule has 1 atom stereocenters. The van der Waals surface area contributed by atoms with Crippen LogP contribution in [0.4, 0.5) is 5.82 Å². The molecule has 1 aromatic carbocycles. The summed E-state index contributed by atoms with van der Waals surface area (Å²) in [4.78, 5) is 17.8. The molecule has 146 valence electrons. The third kappa shape index (κ3) is 4.29. The Morgan fingerprint density at radius 3 is 2.89 bits per heavy atom. The molecule has 28 heavy (non-hydrogen) atoms. The average molecular weight is 377 g/mol. The Kier molecular flexibility index (Phi) is 5.50. The van der Waals surface area contributed by atoms with Crippen molar-refractivity contribution in [1.82, 2.24) is 19.9 Å². The molecule has 6 heteroatoms. The van der Waals surface area contributed by atoms with E-state index in [4.69, 9.17) is 4.98 Å². The second kappa shape index (κ2) is 8.20. The second-order valence-electron chi connectivity index (χ2n) is 7.78. The number of aliphatic hydroxyl groups is 1. The van der Waals surface area contributed by atoms with Crippen molar-refractivity contribution in [3.63, 3.8) is 0 Å². The van der Waals surface area contributed by atoms with Crippen molar-refractivity contribution in [2.24, 2.45) is 0 Å². The van der Waals surface area contributed by atoms with Crippen LogP contribution in [0.2, 0.25) is 0 Å². The number of hydrogen-bond donors (Lipinski definition) is 1. The van der Waals surface area contributed by atoms with Crippen LogP contribution in [0.3, 0.4) is 0 Å². The molecule has 3 heterocycles. The van der Waals surface area contributed by atoms with Crippen LogP contribution in [-0.4, -0.2) is 51.2 Å². The van der Waals surface area contributed by atoms with Gasteiger partial charge in [-0.15, -0.1) is 0 Å². The second-order valence-corrected chi connectivity index (χ2v) is 7.78. The summed E-state index contributed by atoms with van der Waals surface area (Å²) in [5.74, 6) is 0.990. The van der Waals surface area contributed by atoms with Crippen molar-refractivity contribution in [2.45, 2.75) is 39.0 Å². The van der Waals surface area contributed by atoms with Crippen LogP contribution in [0.25, 0.3) is 10.9 Å². The Hall–Kier alpha value is -2.57. The first-order chi connectivity index (χ1) is 13.6. The van der Waals surface area contributed by atoms with E-state index >= 15 is 0 Å². The molecule has 3 aromatic rings. The SMILES string of the molecule is Cc1ccc2nc(N3CCC[C@H](O)C3)c(CN(C)Cc3ccncn3)cc2c1. The van der Waals surface area contributed by atoms with Gasteiger partial charge in [0.25, 0.3) is 0 Å². The Morgan fingerprint density at radius 2 is 2.11 bits per heavy atom. The van der Waals surface area contributed by atoms with Crippen molar-refractivity contribution in [2.75, 3.05) is 25.0 Å². The van der Waals surface area contributed by atoms with E-state index in [-0.39, 0.29) is 6.10 Å². The van der Waals surface area contributed by atoms with E-state index in [1.165, 1.54) is 11.1 Å². The van der Waals surface area contributed by atoms with Gasteiger partial charge in [-0.2, -0.15) is 0 Å². The molecule has 1 aliphatic heterocycles. The molecule has 2 aromatic heterocycles. The molecule has 0 radical (unpaired) electrons. The fraction of sp³-hybridized carbons (Fsp3) is 0.409. The predicted octanol–water partition coefficient (Wildman–Crippen LogP) is 2.93. The number of aliphatic hydroxyl groups excluding tert-OH is 1. The van der Waals surface area contributed by atoms with Crippen LogP contribution < -0.4 is 4.90 Å². The average Bonchev–Trinajstić information content (AvgIpc) is 2.68. The highest BCUT2D eigenvalue weighted by atomic mass is 16.3. The molecule has 0 bridgehead atoms. The summed E-state index contributed by atoms with van der Waals surface area (Å²) in [6, 6.07) is 10.6. The number of benzene rings is 1. The largest absolute Gasteiger partial charge is 0.391 e. The van der Waals surface area contributed by atoms with Crippen molar-refractivity contribution >= 4 is 16.7 Å². The number of fused-ring (bicyclic) bond motifs is 1. The molecule has 1 aliphatic rings. The monoisotopic (exact) mass is 377 g/mol. The summed E-state index contributed by atoms with van der Waals surface area (Å²) in [5.41, 5.74) is 4.42. The van der Waals surface area contributed by atoms with E-state index in [1.54, 1.807) is 12.5 Å². The van der Waals surface area contributed by atoms with Gasteiger partial charge in [0.15, 0.2) is 0 Å². The number of piperidine rings is 1. The Bertz CT molecular complexity index is 946. The van der Waals surface area contributed by atoms with Crippen LogP contribution in [-0.2, 0) is 13.1 Å². The number of β-amino-alcohol motifs (C(OH)–C–C–N with tert-alkyl or cyclic N) is 1. The number of nitrogens with zero attached hydrogens (tertiary/aromatic N) is 5. The van der Waals surface area contributed by atoms with Crippen molar-refractivity contribution < 1.29 is 5.11 Å². The molecule has 0 unspecified atom stereocenters. The highest BCUT2D eigenvalue weighted by molar-refractivity contribution is 5.82. The number of aromatic nitrogens is 3. The van der Waals surface area contributed by atoms with Gasteiger partial charge in [-0.1, -0.05) is 11.6 Å². The topological polar surface area (TPSA) is 65.4 Å². The molecule has 1 fully saturated rings. The van der Waals surface area contributed by atoms with E-state index in [0.717, 1.165) is 54.9 Å². The molecule has 0 amide bonds. The summed E-state index contributed by atoms with van der Waals surface area (Å²) in [5, 5.41) is 11.3. The van der Waals surface area contributed by atoms with Crippen molar-refractivity contribution in [3.05, 3.63) is 59.7 Å². The minimum Gasteiger partial charge on any atom is -0.391 e. The van der Waals surface area contributed by atoms with Gasteiger partial charge in [0.1, 0.15) is 12.1 Å². The number of hydrogen-bond acceptors (Lipinski definition) is 6. The quantitative estimate of drug-likeness (QED) is 0.738. The van der Waals surface area contributed by atoms with Crippen LogP contribution in [0.1, 0.15) is 29.7 Å². The van der Waals surface area contributed by atoms with Gasteiger partial charge in [-0.05, 0) is 51.1 Å². The van der Waals surface area contributed by atoms with Crippen LogP contribution >= 0.6 is 0 Å². The number of anilines is 1. The zero-order chi connectivity index (χ0) is 19.5. The molecular weight excluding hydrogens is 350 g/mol. The lowest BCUT2D eigenvalue weighted by Gasteiger charge is -2.33. The minimum atomic E-state index is -0.282. The van der Waals surface area contributed by atoms with Gasteiger partial charge >= 0.3 is 0 Å². The fourth-order valence-corrected chi connectivity index (χ4v) is 3.90. The molecule has 4 rings (SSSR count). The molecule has 0 aliphatic carbocycles. The molecule has 0 spiro atoms. The van der Waals surface area contributed by atoms with Gasteiger partial charge < -0.3 is 10.0 Å². The van der Waals surface area contributed by atoms with Crippen molar-refractivity contribution in [1.29, 1.82) is 0 Å². The Labute approximate surface area is 165 Å². The maximum Gasteiger partial charge on any atom is 0.133 e. The Balaban J connectivity index is 1.66. The third-order valence-electron chi connectivity index (χ3n) is 5.24. The molecular formula is C22H27N5O. The van der Waals surface area contributed by atoms with Gasteiger partial charge in [0.05, 0.1) is 17.3 Å². The zero-order valence-corrected chi connectivity index (χ0v) is 16.5. The summed E-state index contributed by atoms with van der Waals surface area (Å²) >= 11 is 0. The van der Waals surface area contributed by atoms with Gasteiger partial charge in [0, 0.05) is 43.3 Å². The first-order valence-electron chi connectivity index (χ1n) is 9.85. The maximum absolute atomic E-state index is 10.2. The van der Waals surface area contributed by atoms with Gasteiger partial charge in [-0.3, -0.25) is 4.90 Å². The minimum absolute atomic E-state index is 0.282. The van der Waals surface area contributed by atoms with E-state index in [0.29, 0.717) is 6.54 Å². The van der Waals surface area contributed by atoms with Crippen LogP contribution in [0.15, 0.2) is 42.9 Å². The van der Waals surface area contributed by atoms with E-state index in [1.807, 2.05) is 6.07 Å². The molecule has 0 saturated carbocycles. The standard InChI is InChI=1S/C22H27N5O/c1-16-5-6-21-17(10-16)11-18(12-26(2)13-19-7-8-23-15-24-19)22(25-21)27-9-3-4-20(28)14-27/h5-8,10-11,15,20,28H,3-4,9,12-14H2,1-2H3/t20-/m0/s1. The Morgan fingerprint density at radius 1 is 1.21 bits per heavy atom. The lowest BCUT2D eigenvalue weighted by atomic mass is 10.1. The number of pyridine rings is 1. The van der Waals surface area contributed by atoms with Crippen molar-refractivity contribution in [3.8, 4) is 0 Å². The third-order valence-corrected chi connectivity index (χ3v) is 5.24.